The number of nitrogens with one attached hydrogen (secondary N) is 1. The van der Waals surface area contributed by atoms with E-state index >= 15 is 0 Å². The molecule has 0 radical (unpaired) electrons. The standard InChI is InChI=1S/C25H22ClNO/c26-23-9-3-5-19(15-23)13-14-27-18-20-6-4-10-24(16-20)28-25-12-11-21-7-1-2-8-22(21)17-25/h1-12,15-17,27H,13-14,18H2. The van der Waals surface area contributed by atoms with Gasteiger partial charge in [0.2, 0.25) is 0 Å². The summed E-state index contributed by atoms with van der Waals surface area (Å²) < 4.78 is 6.07. The van der Waals surface area contributed by atoms with E-state index in [1.807, 2.05) is 48.5 Å². The van der Waals surface area contributed by atoms with E-state index in [0.717, 1.165) is 36.0 Å². The van der Waals surface area contributed by atoms with Crippen molar-refractivity contribution in [2.24, 2.45) is 0 Å². The van der Waals surface area contributed by atoms with Crippen LogP contribution in [0.5, 0.6) is 11.5 Å². The van der Waals surface area contributed by atoms with E-state index in [1.165, 1.54) is 21.9 Å². The summed E-state index contributed by atoms with van der Waals surface area (Å²) in [5.41, 5.74) is 2.44. The van der Waals surface area contributed by atoms with E-state index in [9.17, 15) is 0 Å². The predicted molar refractivity (Wildman–Crippen MR) is 117 cm³/mol. The van der Waals surface area contributed by atoms with Crippen molar-refractivity contribution >= 4 is 22.4 Å². The normalized spacial score (nSPS) is 10.9. The van der Waals surface area contributed by atoms with Crippen LogP contribution in [0.4, 0.5) is 0 Å². The third kappa shape index (κ3) is 4.92. The Kier molecular flexibility index (Phi) is 5.91. The fourth-order valence-electron chi connectivity index (χ4n) is 3.24. The number of fused-ring (bicyclic) bond motifs is 1. The molecule has 28 heavy (non-hydrogen) atoms. The van der Waals surface area contributed by atoms with Crippen molar-refractivity contribution in [3.05, 3.63) is 107 Å². The average molecular weight is 388 g/mol. The third-order valence-corrected chi connectivity index (χ3v) is 4.90. The number of hydrogen-bond acceptors (Lipinski definition) is 2. The van der Waals surface area contributed by atoms with Gasteiger partial charge < -0.3 is 10.1 Å². The van der Waals surface area contributed by atoms with Gasteiger partial charge in [0.1, 0.15) is 11.5 Å². The molecule has 140 valence electrons. The molecule has 0 saturated carbocycles. The highest BCUT2D eigenvalue weighted by molar-refractivity contribution is 6.30. The van der Waals surface area contributed by atoms with Crippen LogP contribution in [0.1, 0.15) is 11.1 Å². The zero-order valence-electron chi connectivity index (χ0n) is 15.6. The van der Waals surface area contributed by atoms with Gasteiger partial charge >= 0.3 is 0 Å². The van der Waals surface area contributed by atoms with E-state index in [-0.39, 0.29) is 0 Å². The lowest BCUT2D eigenvalue weighted by Gasteiger charge is -2.10. The molecule has 1 N–H and O–H groups in total. The van der Waals surface area contributed by atoms with Crippen LogP contribution in [-0.4, -0.2) is 6.54 Å². The highest BCUT2D eigenvalue weighted by atomic mass is 35.5. The molecule has 0 saturated heterocycles. The second-order valence-electron chi connectivity index (χ2n) is 6.82. The largest absolute Gasteiger partial charge is 0.457 e. The molecule has 4 aromatic rings. The molecule has 0 fully saturated rings. The van der Waals surface area contributed by atoms with Gasteiger partial charge in [0.15, 0.2) is 0 Å². The van der Waals surface area contributed by atoms with Crippen LogP contribution < -0.4 is 10.1 Å². The van der Waals surface area contributed by atoms with Gasteiger partial charge in [-0.2, -0.15) is 0 Å². The Bertz CT molecular complexity index is 1080. The maximum absolute atomic E-state index is 6.07. The van der Waals surface area contributed by atoms with Crippen LogP contribution >= 0.6 is 11.6 Å². The third-order valence-electron chi connectivity index (χ3n) is 4.66. The quantitative estimate of drug-likeness (QED) is 0.360. The molecule has 0 bridgehead atoms. The van der Waals surface area contributed by atoms with Crippen molar-refractivity contribution in [3.63, 3.8) is 0 Å². The molecule has 0 aliphatic rings. The summed E-state index contributed by atoms with van der Waals surface area (Å²) in [6, 6.07) is 30.7. The molecule has 4 rings (SSSR count). The predicted octanol–water partition coefficient (Wildman–Crippen LogP) is 6.62. The van der Waals surface area contributed by atoms with Gasteiger partial charge in [0, 0.05) is 11.6 Å². The zero-order chi connectivity index (χ0) is 19.2. The van der Waals surface area contributed by atoms with Gasteiger partial charge in [0.25, 0.3) is 0 Å². The van der Waals surface area contributed by atoms with Gasteiger partial charge in [-0.15, -0.1) is 0 Å². The summed E-state index contributed by atoms with van der Waals surface area (Å²) in [4.78, 5) is 0. The Morgan fingerprint density at radius 3 is 2.36 bits per heavy atom. The lowest BCUT2D eigenvalue weighted by atomic mass is 10.1. The van der Waals surface area contributed by atoms with Gasteiger partial charge in [-0.05, 0) is 71.3 Å². The van der Waals surface area contributed by atoms with E-state index in [0.29, 0.717) is 0 Å². The Balaban J connectivity index is 1.34. The maximum Gasteiger partial charge on any atom is 0.128 e. The van der Waals surface area contributed by atoms with E-state index in [2.05, 4.69) is 47.8 Å². The number of benzene rings is 4. The lowest BCUT2D eigenvalue weighted by Crippen LogP contribution is -2.16. The SMILES string of the molecule is Clc1cccc(CCNCc2cccc(Oc3ccc4ccccc4c3)c2)c1. The molecule has 0 heterocycles. The average Bonchev–Trinajstić information content (AvgIpc) is 2.72. The summed E-state index contributed by atoms with van der Waals surface area (Å²) in [5, 5.41) is 6.67. The Hall–Kier alpha value is -2.81. The topological polar surface area (TPSA) is 21.3 Å². The molecule has 0 atom stereocenters. The summed E-state index contributed by atoms with van der Waals surface area (Å²) in [6.07, 6.45) is 0.952. The number of hydrogen-bond donors (Lipinski definition) is 1. The maximum atomic E-state index is 6.07. The first-order chi connectivity index (χ1) is 13.8. The fraction of sp³-hybridized carbons (Fsp3) is 0.120. The van der Waals surface area contributed by atoms with Gasteiger partial charge in [-0.1, -0.05) is 66.2 Å². The summed E-state index contributed by atoms with van der Waals surface area (Å²) in [5.74, 6) is 1.70. The van der Waals surface area contributed by atoms with Crippen molar-refractivity contribution in [2.75, 3.05) is 6.54 Å². The summed E-state index contributed by atoms with van der Waals surface area (Å²) in [6.45, 7) is 1.70. The highest BCUT2D eigenvalue weighted by Gasteiger charge is 2.02. The van der Waals surface area contributed by atoms with Crippen LogP contribution in [0.2, 0.25) is 5.02 Å². The molecule has 0 aliphatic heterocycles. The van der Waals surface area contributed by atoms with E-state index in [1.54, 1.807) is 0 Å². The van der Waals surface area contributed by atoms with Crippen molar-refractivity contribution < 1.29 is 4.74 Å². The molecule has 3 heteroatoms. The molecular formula is C25H22ClNO. The van der Waals surface area contributed by atoms with Gasteiger partial charge in [0.05, 0.1) is 0 Å². The van der Waals surface area contributed by atoms with E-state index in [4.69, 9.17) is 16.3 Å². The molecule has 0 amide bonds. The number of rotatable bonds is 7. The smallest absolute Gasteiger partial charge is 0.128 e. The van der Waals surface area contributed by atoms with Crippen LogP contribution in [0.25, 0.3) is 10.8 Å². The van der Waals surface area contributed by atoms with Crippen molar-refractivity contribution in [1.82, 2.24) is 5.32 Å². The summed E-state index contributed by atoms with van der Waals surface area (Å²) >= 11 is 6.04. The van der Waals surface area contributed by atoms with E-state index < -0.39 is 0 Å². The number of halogens is 1. The van der Waals surface area contributed by atoms with Crippen molar-refractivity contribution in [2.45, 2.75) is 13.0 Å². The minimum atomic E-state index is 0.788. The van der Waals surface area contributed by atoms with Crippen LogP contribution in [0, 0.1) is 0 Å². The first-order valence-electron chi connectivity index (χ1n) is 9.47. The molecule has 0 spiro atoms. The Morgan fingerprint density at radius 2 is 1.46 bits per heavy atom. The minimum Gasteiger partial charge on any atom is -0.457 e. The van der Waals surface area contributed by atoms with Crippen LogP contribution in [0.15, 0.2) is 91.0 Å². The Labute approximate surface area is 170 Å². The molecule has 4 aromatic carbocycles. The molecule has 0 aromatic heterocycles. The highest BCUT2D eigenvalue weighted by Crippen LogP contribution is 2.26. The zero-order valence-corrected chi connectivity index (χ0v) is 16.3. The lowest BCUT2D eigenvalue weighted by molar-refractivity contribution is 0.482. The second kappa shape index (κ2) is 8.92. The first kappa shape index (κ1) is 18.5. The van der Waals surface area contributed by atoms with Crippen molar-refractivity contribution in [3.8, 4) is 11.5 Å². The molecular weight excluding hydrogens is 366 g/mol. The molecule has 0 aliphatic carbocycles. The van der Waals surface area contributed by atoms with Gasteiger partial charge in [-0.25, -0.2) is 0 Å². The molecule has 2 nitrogen and oxygen atoms in total. The fourth-order valence-corrected chi connectivity index (χ4v) is 3.46. The monoisotopic (exact) mass is 387 g/mol. The minimum absolute atomic E-state index is 0.788. The first-order valence-corrected chi connectivity index (χ1v) is 9.85. The summed E-state index contributed by atoms with van der Waals surface area (Å²) in [7, 11) is 0. The van der Waals surface area contributed by atoms with Crippen molar-refractivity contribution in [1.29, 1.82) is 0 Å². The number of ether oxygens (including phenoxy) is 1. The van der Waals surface area contributed by atoms with Gasteiger partial charge in [-0.3, -0.25) is 0 Å². The Morgan fingerprint density at radius 1 is 0.679 bits per heavy atom. The molecule has 0 unspecified atom stereocenters. The van der Waals surface area contributed by atoms with Crippen LogP contribution in [-0.2, 0) is 13.0 Å². The van der Waals surface area contributed by atoms with Crippen LogP contribution in [0.3, 0.4) is 0 Å². The second-order valence-corrected chi connectivity index (χ2v) is 7.25.